The number of aromatic nitrogens is 2. The number of hydrogen-bond donors (Lipinski definition) is 2. The molecule has 1 aromatic heterocycles. The maximum absolute atomic E-state index is 5.09. The van der Waals surface area contributed by atoms with Crippen LogP contribution in [-0.4, -0.2) is 35.7 Å². The molecule has 0 radical (unpaired) electrons. The molecule has 6 nitrogen and oxygen atoms in total. The lowest BCUT2D eigenvalue weighted by atomic mass is 9.87. The Morgan fingerprint density at radius 2 is 2.10 bits per heavy atom. The topological polar surface area (TPSA) is 75.3 Å². The van der Waals surface area contributed by atoms with Crippen molar-refractivity contribution in [3.8, 4) is 0 Å². The van der Waals surface area contributed by atoms with E-state index in [4.69, 9.17) is 4.52 Å². The average Bonchev–Trinajstić information content (AvgIpc) is 2.90. The Hall–Kier alpha value is -1.59. The lowest BCUT2D eigenvalue weighted by Gasteiger charge is -2.28. The van der Waals surface area contributed by atoms with Crippen LogP contribution in [0.4, 0.5) is 0 Å². The highest BCUT2D eigenvalue weighted by Crippen LogP contribution is 2.23. The van der Waals surface area contributed by atoms with Gasteiger partial charge in [-0.25, -0.2) is 0 Å². The van der Waals surface area contributed by atoms with Crippen molar-refractivity contribution in [2.75, 3.05) is 13.6 Å². The van der Waals surface area contributed by atoms with Gasteiger partial charge in [-0.3, -0.25) is 4.99 Å². The van der Waals surface area contributed by atoms with Crippen LogP contribution in [0.25, 0.3) is 0 Å². The Kier molecular flexibility index (Phi) is 6.02. The van der Waals surface area contributed by atoms with E-state index in [9.17, 15) is 0 Å². The van der Waals surface area contributed by atoms with Crippen LogP contribution in [0, 0.1) is 12.8 Å². The van der Waals surface area contributed by atoms with Crippen LogP contribution in [0.2, 0.25) is 0 Å². The first-order valence-corrected chi connectivity index (χ1v) is 7.93. The summed E-state index contributed by atoms with van der Waals surface area (Å²) >= 11 is 0. The summed E-state index contributed by atoms with van der Waals surface area (Å²) in [6.45, 7) is 5.02. The van der Waals surface area contributed by atoms with E-state index in [0.717, 1.165) is 31.3 Å². The van der Waals surface area contributed by atoms with Gasteiger partial charge in [-0.05, 0) is 44.9 Å². The van der Waals surface area contributed by atoms with E-state index in [0.29, 0.717) is 17.8 Å². The molecular weight excluding hydrogens is 266 g/mol. The van der Waals surface area contributed by atoms with Gasteiger partial charge in [0.2, 0.25) is 5.89 Å². The van der Waals surface area contributed by atoms with Crippen molar-refractivity contribution in [2.45, 2.75) is 58.4 Å². The lowest BCUT2D eigenvalue weighted by Crippen LogP contribution is -2.45. The van der Waals surface area contributed by atoms with Crippen molar-refractivity contribution in [3.63, 3.8) is 0 Å². The summed E-state index contributed by atoms with van der Waals surface area (Å²) in [6, 6.07) is 0.561. The summed E-state index contributed by atoms with van der Waals surface area (Å²) in [4.78, 5) is 8.49. The molecule has 2 rings (SSSR count). The molecule has 1 saturated carbocycles. The Balaban J connectivity index is 1.63. The Morgan fingerprint density at radius 1 is 1.33 bits per heavy atom. The maximum atomic E-state index is 5.09. The normalized spacial score (nSPS) is 23.1. The van der Waals surface area contributed by atoms with Gasteiger partial charge in [0.25, 0.3) is 0 Å². The van der Waals surface area contributed by atoms with Crippen molar-refractivity contribution in [1.82, 2.24) is 20.8 Å². The molecule has 0 unspecified atom stereocenters. The largest absolute Gasteiger partial charge is 0.356 e. The Labute approximate surface area is 126 Å². The second-order valence-corrected chi connectivity index (χ2v) is 5.94. The van der Waals surface area contributed by atoms with Crippen LogP contribution in [0.15, 0.2) is 9.52 Å². The predicted octanol–water partition coefficient (Wildman–Crippen LogP) is 2.05. The van der Waals surface area contributed by atoms with Gasteiger partial charge < -0.3 is 15.2 Å². The molecule has 21 heavy (non-hydrogen) atoms. The summed E-state index contributed by atoms with van der Waals surface area (Å²) in [5, 5.41) is 10.7. The highest BCUT2D eigenvalue weighted by atomic mass is 16.5. The van der Waals surface area contributed by atoms with Gasteiger partial charge in [0.05, 0.1) is 0 Å². The molecule has 1 aliphatic rings. The fraction of sp³-hybridized carbons (Fsp3) is 0.800. The lowest BCUT2D eigenvalue weighted by molar-refractivity contribution is 0.329. The van der Waals surface area contributed by atoms with Crippen molar-refractivity contribution < 1.29 is 4.52 Å². The minimum Gasteiger partial charge on any atom is -0.356 e. The maximum Gasteiger partial charge on any atom is 0.226 e. The summed E-state index contributed by atoms with van der Waals surface area (Å²) in [5.74, 6) is 3.17. The zero-order valence-corrected chi connectivity index (χ0v) is 13.4. The number of aryl methyl sites for hydroxylation is 2. The number of nitrogens with zero attached hydrogens (tertiary/aromatic N) is 3. The SMILES string of the molecule is CN=C(NCCCc1nc(C)no1)NC1CCC(C)CC1. The molecule has 0 bridgehead atoms. The molecule has 118 valence electrons. The highest BCUT2D eigenvalue weighted by Gasteiger charge is 2.18. The number of aliphatic imine (C=N–C) groups is 1. The van der Waals surface area contributed by atoms with Gasteiger partial charge in [-0.1, -0.05) is 12.1 Å². The van der Waals surface area contributed by atoms with Gasteiger partial charge in [0, 0.05) is 26.1 Å². The van der Waals surface area contributed by atoms with Crippen LogP contribution in [0.1, 0.15) is 50.7 Å². The number of hydrogen-bond acceptors (Lipinski definition) is 4. The van der Waals surface area contributed by atoms with Crippen LogP contribution < -0.4 is 10.6 Å². The van der Waals surface area contributed by atoms with E-state index in [1.54, 1.807) is 0 Å². The van der Waals surface area contributed by atoms with E-state index < -0.39 is 0 Å². The molecule has 0 aromatic carbocycles. The number of nitrogens with one attached hydrogen (secondary N) is 2. The molecule has 1 aromatic rings. The van der Waals surface area contributed by atoms with Gasteiger partial charge in [0.1, 0.15) is 0 Å². The van der Waals surface area contributed by atoms with E-state index >= 15 is 0 Å². The third-order valence-electron chi connectivity index (χ3n) is 4.01. The Morgan fingerprint density at radius 3 is 2.71 bits per heavy atom. The average molecular weight is 293 g/mol. The van der Waals surface area contributed by atoms with Gasteiger partial charge in [-0.15, -0.1) is 0 Å². The van der Waals surface area contributed by atoms with E-state index in [1.165, 1.54) is 25.7 Å². The zero-order valence-electron chi connectivity index (χ0n) is 13.4. The first-order valence-electron chi connectivity index (χ1n) is 7.93. The third-order valence-corrected chi connectivity index (χ3v) is 4.01. The van der Waals surface area contributed by atoms with E-state index in [2.05, 4.69) is 32.7 Å². The van der Waals surface area contributed by atoms with Crippen molar-refractivity contribution in [3.05, 3.63) is 11.7 Å². The van der Waals surface area contributed by atoms with E-state index in [1.807, 2.05) is 14.0 Å². The quantitative estimate of drug-likeness (QED) is 0.494. The molecule has 0 atom stereocenters. The summed E-state index contributed by atoms with van der Waals surface area (Å²) < 4.78 is 5.09. The van der Waals surface area contributed by atoms with Crippen molar-refractivity contribution >= 4 is 5.96 Å². The summed E-state index contributed by atoms with van der Waals surface area (Å²) in [7, 11) is 1.82. The number of guanidine groups is 1. The van der Waals surface area contributed by atoms with Crippen molar-refractivity contribution in [1.29, 1.82) is 0 Å². The molecule has 6 heteroatoms. The highest BCUT2D eigenvalue weighted by molar-refractivity contribution is 5.79. The molecule has 0 spiro atoms. The molecule has 2 N–H and O–H groups in total. The minimum absolute atomic E-state index is 0.561. The third kappa shape index (κ3) is 5.36. The summed E-state index contributed by atoms with van der Waals surface area (Å²) in [5.41, 5.74) is 0. The standard InChI is InChI=1S/C15H27N5O/c1-11-6-8-13(9-7-11)19-15(16-3)17-10-4-5-14-18-12(2)20-21-14/h11,13H,4-10H2,1-3H3,(H2,16,17,19). The smallest absolute Gasteiger partial charge is 0.226 e. The van der Waals surface area contributed by atoms with Gasteiger partial charge in [-0.2, -0.15) is 4.98 Å². The molecular formula is C15H27N5O. The van der Waals surface area contributed by atoms with Crippen LogP contribution in [-0.2, 0) is 6.42 Å². The van der Waals surface area contributed by atoms with Crippen molar-refractivity contribution in [2.24, 2.45) is 10.9 Å². The second-order valence-electron chi connectivity index (χ2n) is 5.94. The molecule has 1 heterocycles. The van der Waals surface area contributed by atoms with Gasteiger partial charge in [0.15, 0.2) is 11.8 Å². The second kappa shape index (κ2) is 8.00. The fourth-order valence-corrected chi connectivity index (χ4v) is 2.68. The van der Waals surface area contributed by atoms with Crippen LogP contribution in [0.5, 0.6) is 0 Å². The molecule has 1 aliphatic carbocycles. The first kappa shape index (κ1) is 15.8. The summed E-state index contributed by atoms with van der Waals surface area (Å²) in [6.07, 6.45) is 6.85. The van der Waals surface area contributed by atoms with Gasteiger partial charge >= 0.3 is 0 Å². The van der Waals surface area contributed by atoms with E-state index in [-0.39, 0.29) is 0 Å². The van der Waals surface area contributed by atoms with Crippen LogP contribution in [0.3, 0.4) is 0 Å². The molecule has 1 fully saturated rings. The zero-order chi connectivity index (χ0) is 15.1. The molecule has 0 aliphatic heterocycles. The van der Waals surface area contributed by atoms with Crippen LogP contribution >= 0.6 is 0 Å². The predicted molar refractivity (Wildman–Crippen MR) is 83.3 cm³/mol. The fourth-order valence-electron chi connectivity index (χ4n) is 2.68. The first-order chi connectivity index (χ1) is 10.2. The Bertz CT molecular complexity index is 449. The molecule has 0 amide bonds. The monoisotopic (exact) mass is 293 g/mol. The molecule has 0 saturated heterocycles. The number of rotatable bonds is 5. The minimum atomic E-state index is 0.561.